The van der Waals surface area contributed by atoms with Crippen LogP contribution in [0.3, 0.4) is 0 Å². The topological polar surface area (TPSA) is 57.5 Å². The lowest BCUT2D eigenvalue weighted by Gasteiger charge is -2.01. The Morgan fingerprint density at radius 2 is 2.10 bits per heavy atom. The molecule has 0 aliphatic rings. The van der Waals surface area contributed by atoms with Gasteiger partial charge in [-0.15, -0.1) is 12.4 Å². The first-order valence-electron chi connectivity index (χ1n) is 3.09. The number of aliphatic hydroxyl groups is 1. The van der Waals surface area contributed by atoms with Crippen LogP contribution in [0.15, 0.2) is 0 Å². The molecule has 0 heterocycles. The van der Waals surface area contributed by atoms with Crippen molar-refractivity contribution in [3.63, 3.8) is 0 Å². The highest BCUT2D eigenvalue weighted by atomic mass is 35.5. The summed E-state index contributed by atoms with van der Waals surface area (Å²) in [7, 11) is 0. The van der Waals surface area contributed by atoms with Gasteiger partial charge < -0.3 is 10.2 Å². The zero-order valence-electron chi connectivity index (χ0n) is 5.91. The minimum Gasteiger partial charge on any atom is -0.479 e. The van der Waals surface area contributed by atoms with Crippen LogP contribution in [0.4, 0.5) is 0 Å². The Morgan fingerprint density at radius 3 is 2.40 bits per heavy atom. The Morgan fingerprint density at radius 1 is 1.60 bits per heavy atom. The minimum absolute atomic E-state index is 0. The van der Waals surface area contributed by atoms with Gasteiger partial charge in [0.25, 0.3) is 0 Å². The first-order chi connectivity index (χ1) is 4.18. The van der Waals surface area contributed by atoms with E-state index >= 15 is 0 Å². The molecule has 0 radical (unpaired) electrons. The summed E-state index contributed by atoms with van der Waals surface area (Å²) in [6, 6.07) is 0. The Balaban J connectivity index is 0. The van der Waals surface area contributed by atoms with Crippen molar-refractivity contribution in [1.82, 2.24) is 0 Å². The van der Waals surface area contributed by atoms with Gasteiger partial charge in [0.1, 0.15) is 0 Å². The van der Waals surface area contributed by atoms with Gasteiger partial charge in [-0.1, -0.05) is 19.8 Å². The molecule has 0 aromatic heterocycles. The molecule has 4 heteroatoms. The standard InChI is InChI=1S/C6H12O3.ClH/c1-2-3-4-5(7)6(8)9;/h5,7H,2-4H2,1H3,(H,8,9);1H. The number of halogens is 1. The predicted octanol–water partition coefficient (Wildman–Crippen LogP) is 1.04. The second kappa shape index (κ2) is 6.83. The Hall–Kier alpha value is -0.280. The Labute approximate surface area is 66.5 Å². The SMILES string of the molecule is CCCCC(O)C(=O)O.Cl. The number of aliphatic hydroxyl groups excluding tert-OH is 1. The molecule has 0 aromatic carbocycles. The first kappa shape index (κ1) is 12.4. The van der Waals surface area contributed by atoms with Crippen molar-refractivity contribution in [3.8, 4) is 0 Å². The zero-order chi connectivity index (χ0) is 7.28. The van der Waals surface area contributed by atoms with Crippen LogP contribution in [0.1, 0.15) is 26.2 Å². The molecule has 0 amide bonds. The summed E-state index contributed by atoms with van der Waals surface area (Å²) in [4.78, 5) is 9.96. The maximum atomic E-state index is 9.96. The molecule has 0 bridgehead atoms. The number of aliphatic carboxylic acids is 1. The molecule has 0 aromatic rings. The second-order valence-corrected chi connectivity index (χ2v) is 2.00. The van der Waals surface area contributed by atoms with Crippen LogP contribution in [0.5, 0.6) is 0 Å². The highest BCUT2D eigenvalue weighted by molar-refractivity contribution is 5.85. The van der Waals surface area contributed by atoms with Crippen LogP contribution in [0.2, 0.25) is 0 Å². The van der Waals surface area contributed by atoms with Crippen LogP contribution in [0, 0.1) is 0 Å². The lowest BCUT2D eigenvalue weighted by Crippen LogP contribution is -2.18. The van der Waals surface area contributed by atoms with Gasteiger partial charge in [0.15, 0.2) is 6.10 Å². The summed E-state index contributed by atoms with van der Waals surface area (Å²) in [5.41, 5.74) is 0. The van der Waals surface area contributed by atoms with E-state index in [0.29, 0.717) is 6.42 Å². The molecular weight excluding hydrogens is 156 g/mol. The fraction of sp³-hybridized carbons (Fsp3) is 0.833. The lowest BCUT2D eigenvalue weighted by molar-refractivity contribution is -0.146. The fourth-order valence-electron chi connectivity index (χ4n) is 0.521. The van der Waals surface area contributed by atoms with Crippen LogP contribution in [0.25, 0.3) is 0 Å². The van der Waals surface area contributed by atoms with Gasteiger partial charge in [-0.3, -0.25) is 0 Å². The summed E-state index contributed by atoms with van der Waals surface area (Å²) >= 11 is 0. The zero-order valence-corrected chi connectivity index (χ0v) is 6.73. The van der Waals surface area contributed by atoms with Crippen molar-refractivity contribution in [2.45, 2.75) is 32.3 Å². The molecule has 2 N–H and O–H groups in total. The second-order valence-electron chi connectivity index (χ2n) is 2.00. The van der Waals surface area contributed by atoms with Crippen LogP contribution >= 0.6 is 12.4 Å². The highest BCUT2D eigenvalue weighted by Crippen LogP contribution is 1.99. The van der Waals surface area contributed by atoms with E-state index in [1.807, 2.05) is 6.92 Å². The number of hydrogen-bond acceptors (Lipinski definition) is 2. The molecule has 3 nitrogen and oxygen atoms in total. The van der Waals surface area contributed by atoms with Crippen LogP contribution in [-0.4, -0.2) is 22.3 Å². The molecule has 0 rings (SSSR count). The fourth-order valence-corrected chi connectivity index (χ4v) is 0.521. The van der Waals surface area contributed by atoms with Crippen molar-refractivity contribution in [3.05, 3.63) is 0 Å². The van der Waals surface area contributed by atoms with Crippen molar-refractivity contribution < 1.29 is 15.0 Å². The van der Waals surface area contributed by atoms with Crippen molar-refractivity contribution in [2.24, 2.45) is 0 Å². The maximum Gasteiger partial charge on any atom is 0.332 e. The van der Waals surface area contributed by atoms with E-state index < -0.39 is 12.1 Å². The van der Waals surface area contributed by atoms with Gasteiger partial charge in [0, 0.05) is 0 Å². The monoisotopic (exact) mass is 168 g/mol. The van der Waals surface area contributed by atoms with Gasteiger partial charge in [-0.05, 0) is 6.42 Å². The molecule has 0 aliphatic heterocycles. The van der Waals surface area contributed by atoms with E-state index in [0.717, 1.165) is 12.8 Å². The van der Waals surface area contributed by atoms with Gasteiger partial charge in [-0.2, -0.15) is 0 Å². The maximum absolute atomic E-state index is 9.96. The van der Waals surface area contributed by atoms with E-state index in [2.05, 4.69) is 0 Å². The summed E-state index contributed by atoms with van der Waals surface area (Å²) < 4.78 is 0. The molecule has 0 aliphatic carbocycles. The smallest absolute Gasteiger partial charge is 0.332 e. The summed E-state index contributed by atoms with van der Waals surface area (Å²) in [5, 5.41) is 16.8. The number of carbonyl (C=O) groups is 1. The largest absolute Gasteiger partial charge is 0.479 e. The molecule has 62 valence electrons. The number of carboxylic acids is 1. The molecule has 10 heavy (non-hydrogen) atoms. The highest BCUT2D eigenvalue weighted by Gasteiger charge is 2.10. The van der Waals surface area contributed by atoms with Crippen molar-refractivity contribution in [1.29, 1.82) is 0 Å². The molecule has 0 saturated heterocycles. The molecular formula is C6H13ClO3. The van der Waals surface area contributed by atoms with Crippen LogP contribution < -0.4 is 0 Å². The molecule has 0 saturated carbocycles. The predicted molar refractivity (Wildman–Crippen MR) is 40.4 cm³/mol. The number of hydrogen-bond donors (Lipinski definition) is 2. The van der Waals surface area contributed by atoms with Gasteiger partial charge in [0.2, 0.25) is 0 Å². The number of carboxylic acid groups (broad SMARTS) is 1. The van der Waals surface area contributed by atoms with E-state index in [-0.39, 0.29) is 12.4 Å². The van der Waals surface area contributed by atoms with Gasteiger partial charge in [-0.25, -0.2) is 4.79 Å². The van der Waals surface area contributed by atoms with Gasteiger partial charge in [0.05, 0.1) is 0 Å². The van der Waals surface area contributed by atoms with Gasteiger partial charge >= 0.3 is 5.97 Å². The van der Waals surface area contributed by atoms with Crippen LogP contribution in [-0.2, 0) is 4.79 Å². The van der Waals surface area contributed by atoms with E-state index in [4.69, 9.17) is 10.2 Å². The minimum atomic E-state index is -1.16. The lowest BCUT2D eigenvalue weighted by atomic mass is 10.2. The molecule has 1 unspecified atom stereocenters. The van der Waals surface area contributed by atoms with E-state index in [1.54, 1.807) is 0 Å². The third-order valence-electron chi connectivity index (χ3n) is 1.12. The third-order valence-corrected chi connectivity index (χ3v) is 1.12. The van der Waals surface area contributed by atoms with E-state index in [9.17, 15) is 4.79 Å². The molecule has 0 spiro atoms. The summed E-state index contributed by atoms with van der Waals surface area (Å²) in [6.07, 6.45) is 0.897. The number of rotatable bonds is 4. The average Bonchev–Trinajstić information content (AvgIpc) is 1.82. The normalized spacial score (nSPS) is 11.8. The third kappa shape index (κ3) is 5.85. The quantitative estimate of drug-likeness (QED) is 0.660. The average molecular weight is 169 g/mol. The summed E-state index contributed by atoms with van der Waals surface area (Å²) in [5.74, 6) is -1.12. The van der Waals surface area contributed by atoms with Crippen molar-refractivity contribution >= 4 is 18.4 Å². The van der Waals surface area contributed by atoms with Crippen molar-refractivity contribution in [2.75, 3.05) is 0 Å². The molecule has 0 fully saturated rings. The van der Waals surface area contributed by atoms with E-state index in [1.165, 1.54) is 0 Å². The Bertz CT molecular complexity index is 95.0. The number of unbranched alkanes of at least 4 members (excludes halogenated alkanes) is 1. The first-order valence-corrected chi connectivity index (χ1v) is 3.09. The summed E-state index contributed by atoms with van der Waals surface area (Å²) in [6.45, 7) is 1.95. The molecule has 1 atom stereocenters. The Kier molecular flexibility index (Phi) is 8.48.